The molecule has 2 heterocycles. The molecular formula is C22H32N4O3. The van der Waals surface area contributed by atoms with Crippen LogP contribution in [0, 0.1) is 5.92 Å². The molecule has 7 nitrogen and oxygen atoms in total. The number of hydrogen-bond donors (Lipinski definition) is 1. The van der Waals surface area contributed by atoms with E-state index in [1.165, 1.54) is 5.56 Å². The standard InChI is InChI=1S/C22H32N4O3/c1-16(2)26-15-18(12-24-26)14-25-7-5-6-17(13-25)11-23-22(27)19-8-20(28-3)10-21(9-19)29-4/h8-10,12,15-17H,5-7,11,13-14H2,1-4H3,(H,23,27). The zero-order chi connectivity index (χ0) is 20.8. The smallest absolute Gasteiger partial charge is 0.251 e. The van der Waals surface area contributed by atoms with Crippen molar-refractivity contribution in [3.63, 3.8) is 0 Å². The molecule has 1 aliphatic rings. The number of methoxy groups -OCH3 is 2. The van der Waals surface area contributed by atoms with Gasteiger partial charge in [-0.05, 0) is 51.3 Å². The summed E-state index contributed by atoms with van der Waals surface area (Å²) < 4.78 is 12.5. The molecule has 1 unspecified atom stereocenters. The third-order valence-electron chi connectivity index (χ3n) is 5.36. The van der Waals surface area contributed by atoms with Gasteiger partial charge in [0.15, 0.2) is 0 Å². The van der Waals surface area contributed by atoms with Crippen LogP contribution in [0.2, 0.25) is 0 Å². The van der Waals surface area contributed by atoms with E-state index in [0.29, 0.717) is 35.6 Å². The van der Waals surface area contributed by atoms with E-state index in [0.717, 1.165) is 32.5 Å². The van der Waals surface area contributed by atoms with Gasteiger partial charge in [0, 0.05) is 49.1 Å². The average Bonchev–Trinajstić information content (AvgIpc) is 3.20. The molecule has 0 saturated carbocycles. The molecule has 1 amide bonds. The van der Waals surface area contributed by atoms with Crippen LogP contribution in [0.3, 0.4) is 0 Å². The first-order valence-electron chi connectivity index (χ1n) is 10.2. The lowest BCUT2D eigenvalue weighted by molar-refractivity contribution is 0.0930. The molecule has 1 aromatic carbocycles. The van der Waals surface area contributed by atoms with Crippen molar-refractivity contribution in [2.75, 3.05) is 33.9 Å². The number of amides is 1. The Hall–Kier alpha value is -2.54. The zero-order valence-corrected chi connectivity index (χ0v) is 17.9. The molecule has 0 bridgehead atoms. The zero-order valence-electron chi connectivity index (χ0n) is 17.9. The fraction of sp³-hybridized carbons (Fsp3) is 0.545. The number of carbonyl (C=O) groups excluding carboxylic acids is 1. The Bertz CT molecular complexity index is 796. The molecule has 1 fully saturated rings. The Morgan fingerprint density at radius 3 is 2.59 bits per heavy atom. The highest BCUT2D eigenvalue weighted by Crippen LogP contribution is 2.23. The Morgan fingerprint density at radius 2 is 1.97 bits per heavy atom. The summed E-state index contributed by atoms with van der Waals surface area (Å²) in [6.07, 6.45) is 6.36. The number of rotatable bonds is 8. The quantitative estimate of drug-likeness (QED) is 0.737. The molecule has 7 heteroatoms. The van der Waals surface area contributed by atoms with Gasteiger partial charge in [-0.15, -0.1) is 0 Å². The van der Waals surface area contributed by atoms with Crippen LogP contribution < -0.4 is 14.8 Å². The molecule has 0 spiro atoms. The summed E-state index contributed by atoms with van der Waals surface area (Å²) in [4.78, 5) is 15.1. The van der Waals surface area contributed by atoms with Crippen molar-refractivity contribution in [1.29, 1.82) is 0 Å². The van der Waals surface area contributed by atoms with Gasteiger partial charge in [0.05, 0.1) is 20.4 Å². The van der Waals surface area contributed by atoms with Gasteiger partial charge in [0.1, 0.15) is 11.5 Å². The maximum absolute atomic E-state index is 12.6. The number of carbonyl (C=O) groups is 1. The van der Waals surface area contributed by atoms with Crippen LogP contribution in [0.4, 0.5) is 0 Å². The van der Waals surface area contributed by atoms with Gasteiger partial charge >= 0.3 is 0 Å². The van der Waals surface area contributed by atoms with E-state index >= 15 is 0 Å². The Kier molecular flexibility index (Phi) is 7.14. The predicted octanol–water partition coefficient (Wildman–Crippen LogP) is 3.12. The summed E-state index contributed by atoms with van der Waals surface area (Å²) in [5.41, 5.74) is 1.79. The lowest BCUT2D eigenvalue weighted by Gasteiger charge is -2.32. The number of benzene rings is 1. The highest BCUT2D eigenvalue weighted by atomic mass is 16.5. The Balaban J connectivity index is 1.53. The molecule has 0 radical (unpaired) electrons. The molecule has 0 aliphatic carbocycles. The van der Waals surface area contributed by atoms with Crippen molar-refractivity contribution in [2.45, 2.75) is 39.3 Å². The van der Waals surface area contributed by atoms with Gasteiger partial charge < -0.3 is 14.8 Å². The highest BCUT2D eigenvalue weighted by Gasteiger charge is 2.21. The maximum Gasteiger partial charge on any atom is 0.251 e. The van der Waals surface area contributed by atoms with Gasteiger partial charge in [0.2, 0.25) is 0 Å². The highest BCUT2D eigenvalue weighted by molar-refractivity contribution is 5.95. The van der Waals surface area contributed by atoms with E-state index in [9.17, 15) is 4.79 Å². The van der Waals surface area contributed by atoms with Crippen molar-refractivity contribution in [2.24, 2.45) is 5.92 Å². The van der Waals surface area contributed by atoms with Crippen molar-refractivity contribution in [3.8, 4) is 11.5 Å². The third-order valence-corrected chi connectivity index (χ3v) is 5.36. The average molecular weight is 401 g/mol. The SMILES string of the molecule is COc1cc(OC)cc(C(=O)NCC2CCCN(Cc3cnn(C(C)C)c3)C2)c1. The first-order chi connectivity index (χ1) is 14.0. The van der Waals surface area contributed by atoms with Crippen molar-refractivity contribution < 1.29 is 14.3 Å². The van der Waals surface area contributed by atoms with E-state index in [-0.39, 0.29) is 5.91 Å². The van der Waals surface area contributed by atoms with Crippen LogP contribution in [-0.4, -0.2) is 54.4 Å². The minimum absolute atomic E-state index is 0.0995. The number of nitrogens with zero attached hydrogens (tertiary/aromatic N) is 3. The number of aromatic nitrogens is 2. The van der Waals surface area contributed by atoms with Gasteiger partial charge in [-0.2, -0.15) is 5.10 Å². The minimum atomic E-state index is -0.0995. The number of piperidine rings is 1. The molecule has 2 aromatic rings. The topological polar surface area (TPSA) is 68.6 Å². The summed E-state index contributed by atoms with van der Waals surface area (Å²) >= 11 is 0. The van der Waals surface area contributed by atoms with Crippen LogP contribution in [0.25, 0.3) is 0 Å². The van der Waals surface area contributed by atoms with Crippen molar-refractivity contribution >= 4 is 5.91 Å². The second-order valence-corrected chi connectivity index (χ2v) is 7.98. The first-order valence-corrected chi connectivity index (χ1v) is 10.2. The molecule has 1 atom stereocenters. The molecule has 3 rings (SSSR count). The fourth-order valence-electron chi connectivity index (χ4n) is 3.74. The van der Waals surface area contributed by atoms with Gasteiger partial charge in [-0.25, -0.2) is 0 Å². The van der Waals surface area contributed by atoms with Crippen LogP contribution >= 0.6 is 0 Å². The second kappa shape index (κ2) is 9.78. The molecular weight excluding hydrogens is 368 g/mol. The lowest BCUT2D eigenvalue weighted by Crippen LogP contribution is -2.40. The predicted molar refractivity (Wildman–Crippen MR) is 112 cm³/mol. The van der Waals surface area contributed by atoms with E-state index in [4.69, 9.17) is 9.47 Å². The second-order valence-electron chi connectivity index (χ2n) is 7.98. The number of ether oxygens (including phenoxy) is 2. The van der Waals surface area contributed by atoms with E-state index in [1.807, 2.05) is 10.9 Å². The Morgan fingerprint density at radius 1 is 1.24 bits per heavy atom. The summed E-state index contributed by atoms with van der Waals surface area (Å²) in [6.45, 7) is 7.91. The first kappa shape index (κ1) is 21.2. The summed E-state index contributed by atoms with van der Waals surface area (Å²) in [5.74, 6) is 1.57. The molecule has 158 valence electrons. The van der Waals surface area contributed by atoms with Crippen LogP contribution in [0.1, 0.15) is 48.7 Å². The summed E-state index contributed by atoms with van der Waals surface area (Å²) in [7, 11) is 3.16. The summed E-state index contributed by atoms with van der Waals surface area (Å²) in [5, 5.41) is 7.52. The normalized spacial score (nSPS) is 17.3. The Labute approximate surface area is 173 Å². The monoisotopic (exact) mass is 400 g/mol. The molecule has 1 aromatic heterocycles. The van der Waals surface area contributed by atoms with Gasteiger partial charge in [-0.3, -0.25) is 14.4 Å². The third kappa shape index (κ3) is 5.73. The largest absolute Gasteiger partial charge is 0.497 e. The number of nitrogens with one attached hydrogen (secondary N) is 1. The molecule has 1 N–H and O–H groups in total. The number of hydrogen-bond acceptors (Lipinski definition) is 5. The molecule has 1 saturated heterocycles. The number of likely N-dealkylation sites (tertiary alicyclic amines) is 1. The van der Waals surface area contributed by atoms with E-state index < -0.39 is 0 Å². The van der Waals surface area contributed by atoms with Crippen LogP contribution in [0.15, 0.2) is 30.6 Å². The minimum Gasteiger partial charge on any atom is -0.497 e. The molecule has 1 aliphatic heterocycles. The summed E-state index contributed by atoms with van der Waals surface area (Å²) in [6, 6.07) is 5.61. The van der Waals surface area contributed by atoms with E-state index in [2.05, 4.69) is 35.4 Å². The van der Waals surface area contributed by atoms with Gasteiger partial charge in [-0.1, -0.05) is 0 Å². The lowest BCUT2D eigenvalue weighted by atomic mass is 9.97. The van der Waals surface area contributed by atoms with E-state index in [1.54, 1.807) is 32.4 Å². The van der Waals surface area contributed by atoms with Crippen molar-refractivity contribution in [1.82, 2.24) is 20.0 Å². The van der Waals surface area contributed by atoms with Crippen molar-refractivity contribution in [3.05, 3.63) is 41.7 Å². The van der Waals surface area contributed by atoms with Crippen LogP contribution in [0.5, 0.6) is 11.5 Å². The maximum atomic E-state index is 12.6. The fourth-order valence-corrected chi connectivity index (χ4v) is 3.74. The molecule has 29 heavy (non-hydrogen) atoms. The van der Waals surface area contributed by atoms with Gasteiger partial charge in [0.25, 0.3) is 5.91 Å². The van der Waals surface area contributed by atoms with Crippen LogP contribution in [-0.2, 0) is 6.54 Å².